The van der Waals surface area contributed by atoms with Gasteiger partial charge in [-0.1, -0.05) is 6.07 Å². The zero-order valence-corrected chi connectivity index (χ0v) is 12.1. The molecular formula is C15H20N2O4. The van der Waals surface area contributed by atoms with Gasteiger partial charge in [-0.2, -0.15) is 0 Å². The fourth-order valence-electron chi connectivity index (χ4n) is 2.49. The van der Waals surface area contributed by atoms with Crippen LogP contribution in [0.1, 0.15) is 22.3 Å². The van der Waals surface area contributed by atoms with Crippen LogP contribution in [-0.4, -0.2) is 45.3 Å². The van der Waals surface area contributed by atoms with Gasteiger partial charge in [0.25, 0.3) is 5.91 Å². The summed E-state index contributed by atoms with van der Waals surface area (Å²) in [5, 5.41) is 0. The van der Waals surface area contributed by atoms with Crippen LogP contribution in [0.2, 0.25) is 0 Å². The average molecular weight is 292 g/mol. The van der Waals surface area contributed by atoms with Crippen molar-refractivity contribution in [2.24, 2.45) is 5.73 Å². The van der Waals surface area contributed by atoms with Crippen LogP contribution in [0.15, 0.2) is 18.2 Å². The van der Waals surface area contributed by atoms with E-state index in [1.54, 1.807) is 24.1 Å². The number of benzene rings is 1. The van der Waals surface area contributed by atoms with Crippen LogP contribution in [0, 0.1) is 0 Å². The molecule has 0 atom stereocenters. The number of nitrogens with two attached hydrogens (primary N) is 1. The molecule has 0 saturated carbocycles. The topological polar surface area (TPSA) is 81.9 Å². The quantitative estimate of drug-likeness (QED) is 0.784. The molecular weight excluding hydrogens is 272 g/mol. The molecule has 1 aliphatic heterocycles. The first kappa shape index (κ1) is 15.5. The first-order valence-electron chi connectivity index (χ1n) is 6.94. The number of carbonyl (C=O) groups excluding carboxylic acids is 2. The van der Waals surface area contributed by atoms with E-state index < -0.39 is 5.91 Å². The molecule has 0 bridgehead atoms. The molecule has 0 aromatic heterocycles. The largest absolute Gasteiger partial charge is 0.382 e. The van der Waals surface area contributed by atoms with E-state index in [2.05, 4.69) is 0 Å². The van der Waals surface area contributed by atoms with Crippen molar-refractivity contribution in [1.29, 1.82) is 0 Å². The van der Waals surface area contributed by atoms with E-state index >= 15 is 0 Å². The second-order valence-corrected chi connectivity index (χ2v) is 4.86. The maximum atomic E-state index is 12.2. The molecule has 2 amide bonds. The average Bonchev–Trinajstić information content (AvgIpc) is 2.50. The van der Waals surface area contributed by atoms with Crippen molar-refractivity contribution in [2.75, 3.05) is 38.4 Å². The Morgan fingerprint density at radius 3 is 2.86 bits per heavy atom. The van der Waals surface area contributed by atoms with E-state index in [0.29, 0.717) is 25.3 Å². The number of hydrogen-bond acceptors (Lipinski definition) is 4. The molecule has 114 valence electrons. The number of ether oxygens (including phenoxy) is 2. The Morgan fingerprint density at radius 2 is 2.14 bits per heavy atom. The summed E-state index contributed by atoms with van der Waals surface area (Å²) < 4.78 is 10.1. The Kier molecular flexibility index (Phi) is 5.30. The number of primary amides is 1. The van der Waals surface area contributed by atoms with Crippen molar-refractivity contribution in [1.82, 2.24) is 0 Å². The van der Waals surface area contributed by atoms with Gasteiger partial charge in [-0.3, -0.25) is 9.59 Å². The van der Waals surface area contributed by atoms with Crippen LogP contribution in [0.4, 0.5) is 5.69 Å². The van der Waals surface area contributed by atoms with Gasteiger partial charge < -0.3 is 20.1 Å². The number of methoxy groups -OCH3 is 1. The van der Waals surface area contributed by atoms with Crippen LogP contribution >= 0.6 is 0 Å². The highest BCUT2D eigenvalue weighted by Gasteiger charge is 2.25. The molecule has 0 unspecified atom stereocenters. The lowest BCUT2D eigenvalue weighted by Gasteiger charge is -2.30. The number of amides is 2. The number of rotatable bonds is 6. The molecule has 0 aliphatic carbocycles. The van der Waals surface area contributed by atoms with Gasteiger partial charge >= 0.3 is 0 Å². The first-order chi connectivity index (χ1) is 10.1. The van der Waals surface area contributed by atoms with E-state index in [1.165, 1.54) is 0 Å². The second kappa shape index (κ2) is 7.19. The van der Waals surface area contributed by atoms with Crippen molar-refractivity contribution in [2.45, 2.75) is 12.8 Å². The van der Waals surface area contributed by atoms with Crippen LogP contribution in [0.3, 0.4) is 0 Å². The summed E-state index contributed by atoms with van der Waals surface area (Å²) in [4.78, 5) is 25.4. The SMILES string of the molecule is COCCOCC(=O)N1CCCc2c(C(N)=O)cccc21. The van der Waals surface area contributed by atoms with Crippen LogP contribution in [0.5, 0.6) is 0 Å². The molecule has 6 heteroatoms. The lowest BCUT2D eigenvalue weighted by molar-refractivity contribution is -0.123. The predicted octanol–water partition coefficient (Wildman–Crippen LogP) is 0.728. The highest BCUT2D eigenvalue weighted by molar-refractivity contribution is 6.00. The van der Waals surface area contributed by atoms with Crippen LogP contribution in [-0.2, 0) is 20.7 Å². The monoisotopic (exact) mass is 292 g/mol. The standard InChI is InChI=1S/C15H20N2O4/c1-20-8-9-21-10-14(18)17-7-3-5-11-12(15(16)19)4-2-6-13(11)17/h2,4,6H,3,5,7-10H2,1H3,(H2,16,19). The molecule has 1 heterocycles. The Hall–Kier alpha value is -1.92. The highest BCUT2D eigenvalue weighted by Crippen LogP contribution is 2.29. The Morgan fingerprint density at radius 1 is 1.33 bits per heavy atom. The smallest absolute Gasteiger partial charge is 0.252 e. The minimum absolute atomic E-state index is 0.00357. The van der Waals surface area contributed by atoms with Crippen molar-refractivity contribution in [3.8, 4) is 0 Å². The van der Waals surface area contributed by atoms with E-state index in [1.807, 2.05) is 6.07 Å². The fourth-order valence-corrected chi connectivity index (χ4v) is 2.49. The van der Waals surface area contributed by atoms with Gasteiger partial charge in [-0.05, 0) is 30.5 Å². The molecule has 2 rings (SSSR count). The normalized spacial score (nSPS) is 13.9. The molecule has 21 heavy (non-hydrogen) atoms. The minimum atomic E-state index is -0.461. The maximum absolute atomic E-state index is 12.2. The number of anilines is 1. The molecule has 0 fully saturated rings. The first-order valence-corrected chi connectivity index (χ1v) is 6.94. The van der Waals surface area contributed by atoms with Gasteiger partial charge in [0, 0.05) is 24.9 Å². The summed E-state index contributed by atoms with van der Waals surface area (Å²) in [6.45, 7) is 1.46. The summed E-state index contributed by atoms with van der Waals surface area (Å²) in [5.41, 5.74) is 7.49. The Bertz CT molecular complexity index is 530. The zero-order valence-electron chi connectivity index (χ0n) is 12.1. The molecule has 1 aromatic carbocycles. The number of carbonyl (C=O) groups is 2. The van der Waals surface area contributed by atoms with Crippen molar-refractivity contribution in [3.63, 3.8) is 0 Å². The molecule has 0 saturated heterocycles. The van der Waals surface area contributed by atoms with Crippen molar-refractivity contribution < 1.29 is 19.1 Å². The second-order valence-electron chi connectivity index (χ2n) is 4.86. The minimum Gasteiger partial charge on any atom is -0.382 e. The summed E-state index contributed by atoms with van der Waals surface area (Å²) >= 11 is 0. The van der Waals surface area contributed by atoms with Crippen LogP contribution in [0.25, 0.3) is 0 Å². The number of fused-ring (bicyclic) bond motifs is 1. The molecule has 1 aliphatic rings. The third kappa shape index (κ3) is 3.59. The summed E-state index contributed by atoms with van der Waals surface area (Å²) in [6.07, 6.45) is 1.56. The zero-order chi connectivity index (χ0) is 15.2. The third-order valence-corrected chi connectivity index (χ3v) is 3.47. The fraction of sp³-hybridized carbons (Fsp3) is 0.467. The van der Waals surface area contributed by atoms with E-state index in [-0.39, 0.29) is 12.5 Å². The summed E-state index contributed by atoms with van der Waals surface area (Å²) in [7, 11) is 1.58. The third-order valence-electron chi connectivity index (χ3n) is 3.47. The molecule has 0 radical (unpaired) electrons. The number of nitrogens with zero attached hydrogens (tertiary/aromatic N) is 1. The Balaban J connectivity index is 2.13. The lowest BCUT2D eigenvalue weighted by Crippen LogP contribution is -2.38. The van der Waals surface area contributed by atoms with E-state index in [0.717, 1.165) is 24.1 Å². The van der Waals surface area contributed by atoms with Gasteiger partial charge in [-0.15, -0.1) is 0 Å². The summed E-state index contributed by atoms with van der Waals surface area (Å²) in [6, 6.07) is 5.29. The highest BCUT2D eigenvalue weighted by atomic mass is 16.5. The number of hydrogen-bond donors (Lipinski definition) is 1. The van der Waals surface area contributed by atoms with Crippen LogP contribution < -0.4 is 10.6 Å². The van der Waals surface area contributed by atoms with Gasteiger partial charge in [-0.25, -0.2) is 0 Å². The summed E-state index contributed by atoms with van der Waals surface area (Å²) in [5.74, 6) is -0.578. The predicted molar refractivity (Wildman–Crippen MR) is 78.3 cm³/mol. The van der Waals surface area contributed by atoms with Gasteiger partial charge in [0.2, 0.25) is 5.91 Å². The molecule has 2 N–H and O–H groups in total. The van der Waals surface area contributed by atoms with Crippen molar-refractivity contribution >= 4 is 17.5 Å². The molecule has 0 spiro atoms. The van der Waals surface area contributed by atoms with Gasteiger partial charge in [0.15, 0.2) is 0 Å². The van der Waals surface area contributed by atoms with E-state index in [4.69, 9.17) is 15.2 Å². The van der Waals surface area contributed by atoms with Gasteiger partial charge in [0.05, 0.1) is 13.2 Å². The van der Waals surface area contributed by atoms with Crippen molar-refractivity contribution in [3.05, 3.63) is 29.3 Å². The molecule has 1 aromatic rings. The molecule has 6 nitrogen and oxygen atoms in total. The Labute approximate surface area is 123 Å². The van der Waals surface area contributed by atoms with E-state index in [9.17, 15) is 9.59 Å². The van der Waals surface area contributed by atoms with Gasteiger partial charge in [0.1, 0.15) is 6.61 Å². The maximum Gasteiger partial charge on any atom is 0.252 e. The lowest BCUT2D eigenvalue weighted by atomic mass is 9.96.